The van der Waals surface area contributed by atoms with E-state index in [0.717, 1.165) is 0 Å². The van der Waals surface area contributed by atoms with Gasteiger partial charge in [-0.1, -0.05) is 23.9 Å². The smallest absolute Gasteiger partial charge is 0.288 e. The minimum atomic E-state index is -2.47. The number of anilines is 1. The van der Waals surface area contributed by atoms with E-state index in [0.29, 0.717) is 28.9 Å². The van der Waals surface area contributed by atoms with Crippen LogP contribution >= 0.6 is 11.8 Å². The Kier molecular flexibility index (Phi) is 5.76. The number of carbonyl (C=O) groups excluding carboxylic acids is 1. The summed E-state index contributed by atoms with van der Waals surface area (Å²) >= 11 is 0.463. The first-order valence-electron chi connectivity index (χ1n) is 5.18. The van der Waals surface area contributed by atoms with Gasteiger partial charge in [-0.25, -0.2) is 0 Å². The summed E-state index contributed by atoms with van der Waals surface area (Å²) in [4.78, 5) is 11.7. The average Bonchev–Trinajstić information content (AvgIpc) is 2.27. The van der Waals surface area contributed by atoms with Gasteiger partial charge >= 0.3 is 0 Å². The molecule has 0 aliphatic carbocycles. The van der Waals surface area contributed by atoms with E-state index < -0.39 is 5.76 Å². The zero-order valence-electron chi connectivity index (χ0n) is 9.37. The van der Waals surface area contributed by atoms with Crippen molar-refractivity contribution in [3.63, 3.8) is 0 Å². The Labute approximate surface area is 103 Å². The van der Waals surface area contributed by atoms with Crippen molar-refractivity contribution in [2.24, 2.45) is 0 Å². The first-order valence-corrected chi connectivity index (χ1v) is 6.06. The van der Waals surface area contributed by atoms with E-state index in [-0.39, 0.29) is 12.5 Å². The molecule has 0 saturated heterocycles. The van der Waals surface area contributed by atoms with E-state index in [1.807, 2.05) is 6.92 Å². The molecule has 1 aromatic carbocycles. The number of carbonyl (C=O) groups is 1. The van der Waals surface area contributed by atoms with E-state index in [9.17, 15) is 13.6 Å². The zero-order chi connectivity index (χ0) is 12.7. The molecule has 0 bridgehead atoms. The Hall–Kier alpha value is -1.30. The zero-order valence-corrected chi connectivity index (χ0v) is 10.2. The van der Waals surface area contributed by atoms with Gasteiger partial charge in [0.25, 0.3) is 5.76 Å². The first-order chi connectivity index (χ1) is 8.13. The molecule has 17 heavy (non-hydrogen) atoms. The van der Waals surface area contributed by atoms with Crippen LogP contribution in [0.15, 0.2) is 29.2 Å². The van der Waals surface area contributed by atoms with Crippen molar-refractivity contribution < 1.29 is 13.6 Å². The number of likely N-dealkylation sites (N-methyl/N-ethyl adjacent to an activating group) is 1. The molecule has 0 aromatic heterocycles. The van der Waals surface area contributed by atoms with Crippen LogP contribution in [0.5, 0.6) is 0 Å². The number of amides is 1. The van der Waals surface area contributed by atoms with Gasteiger partial charge in [0.1, 0.15) is 0 Å². The van der Waals surface area contributed by atoms with E-state index in [2.05, 4.69) is 10.6 Å². The Bertz CT molecular complexity index is 374. The molecular weight excluding hydrogens is 246 g/mol. The predicted molar refractivity (Wildman–Crippen MR) is 65.5 cm³/mol. The van der Waals surface area contributed by atoms with Gasteiger partial charge in [-0.2, -0.15) is 8.78 Å². The van der Waals surface area contributed by atoms with Gasteiger partial charge in [0.2, 0.25) is 5.91 Å². The highest BCUT2D eigenvalue weighted by molar-refractivity contribution is 7.99. The largest absolute Gasteiger partial charge is 0.375 e. The van der Waals surface area contributed by atoms with Crippen LogP contribution in [0, 0.1) is 0 Å². The summed E-state index contributed by atoms with van der Waals surface area (Å²) < 4.78 is 24.6. The van der Waals surface area contributed by atoms with Gasteiger partial charge in [0.05, 0.1) is 6.54 Å². The van der Waals surface area contributed by atoms with Crippen LogP contribution in [0.25, 0.3) is 0 Å². The summed E-state index contributed by atoms with van der Waals surface area (Å²) in [5.74, 6) is -2.63. The molecule has 2 N–H and O–H groups in total. The minimum absolute atomic E-state index is 0.0780. The fourth-order valence-corrected chi connectivity index (χ4v) is 1.86. The lowest BCUT2D eigenvalue weighted by molar-refractivity contribution is -0.119. The van der Waals surface area contributed by atoms with Crippen LogP contribution in [0.2, 0.25) is 0 Å². The highest BCUT2D eigenvalue weighted by Crippen LogP contribution is 2.31. The van der Waals surface area contributed by atoms with Crippen molar-refractivity contribution in [1.29, 1.82) is 0 Å². The molecule has 0 heterocycles. The van der Waals surface area contributed by atoms with Crippen LogP contribution in [-0.4, -0.2) is 24.8 Å². The summed E-state index contributed by atoms with van der Waals surface area (Å²) in [6.07, 6.45) is 0. The third-order valence-corrected chi connectivity index (χ3v) is 2.70. The second-order valence-electron chi connectivity index (χ2n) is 3.18. The average molecular weight is 260 g/mol. The van der Waals surface area contributed by atoms with Crippen molar-refractivity contribution >= 4 is 23.4 Å². The van der Waals surface area contributed by atoms with Crippen molar-refractivity contribution in [2.45, 2.75) is 17.6 Å². The van der Waals surface area contributed by atoms with E-state index in [1.54, 1.807) is 24.3 Å². The quantitative estimate of drug-likeness (QED) is 0.772. The summed E-state index contributed by atoms with van der Waals surface area (Å²) in [7, 11) is 0. The molecule has 94 valence electrons. The lowest BCUT2D eigenvalue weighted by Crippen LogP contribution is -2.29. The van der Waals surface area contributed by atoms with Gasteiger partial charge in [0, 0.05) is 17.1 Å². The molecule has 0 aliphatic rings. The molecule has 6 heteroatoms. The number of para-hydroxylation sites is 1. The SMILES string of the molecule is CCNC(=O)CNc1ccccc1SC(F)F. The number of halogens is 2. The molecule has 0 saturated carbocycles. The second-order valence-corrected chi connectivity index (χ2v) is 4.21. The minimum Gasteiger partial charge on any atom is -0.375 e. The van der Waals surface area contributed by atoms with Crippen molar-refractivity contribution in [3.8, 4) is 0 Å². The van der Waals surface area contributed by atoms with Gasteiger partial charge < -0.3 is 10.6 Å². The number of hydrogen-bond acceptors (Lipinski definition) is 3. The fraction of sp³-hybridized carbons (Fsp3) is 0.364. The Balaban J connectivity index is 2.60. The third kappa shape index (κ3) is 5.04. The normalized spacial score (nSPS) is 10.4. The molecule has 0 unspecified atom stereocenters. The molecule has 1 rings (SSSR count). The van der Waals surface area contributed by atoms with Gasteiger partial charge in [-0.05, 0) is 19.1 Å². The number of rotatable bonds is 6. The topological polar surface area (TPSA) is 41.1 Å². The summed E-state index contributed by atoms with van der Waals surface area (Å²) in [6.45, 7) is 2.45. The highest BCUT2D eigenvalue weighted by Gasteiger charge is 2.09. The summed E-state index contributed by atoms with van der Waals surface area (Å²) in [5, 5.41) is 5.46. The number of nitrogens with one attached hydrogen (secondary N) is 2. The standard InChI is InChI=1S/C11H14F2N2OS/c1-2-14-10(16)7-15-8-5-3-4-6-9(8)17-11(12)13/h3-6,11,15H,2,7H2,1H3,(H,14,16). The van der Waals surface area contributed by atoms with Crippen molar-refractivity contribution in [3.05, 3.63) is 24.3 Å². The molecule has 0 atom stereocenters. The Morgan fingerprint density at radius 2 is 2.12 bits per heavy atom. The van der Waals surface area contributed by atoms with Gasteiger partial charge in [-0.3, -0.25) is 4.79 Å². The first kappa shape index (κ1) is 13.8. The molecular formula is C11H14F2N2OS. The highest BCUT2D eigenvalue weighted by atomic mass is 32.2. The molecule has 0 fully saturated rings. The lowest BCUT2D eigenvalue weighted by Gasteiger charge is -2.10. The molecule has 1 aromatic rings. The van der Waals surface area contributed by atoms with E-state index in [4.69, 9.17) is 0 Å². The monoisotopic (exact) mass is 260 g/mol. The van der Waals surface area contributed by atoms with Crippen LogP contribution in [-0.2, 0) is 4.79 Å². The second kappa shape index (κ2) is 7.11. The Morgan fingerprint density at radius 1 is 1.41 bits per heavy atom. The van der Waals surface area contributed by atoms with Crippen LogP contribution in [0.4, 0.5) is 14.5 Å². The lowest BCUT2D eigenvalue weighted by atomic mass is 10.3. The molecule has 0 aliphatic heterocycles. The summed E-state index contributed by atoms with van der Waals surface area (Å²) in [6, 6.07) is 6.68. The maximum atomic E-state index is 12.3. The van der Waals surface area contributed by atoms with Gasteiger partial charge in [0.15, 0.2) is 0 Å². The number of hydrogen-bond donors (Lipinski definition) is 2. The number of thioether (sulfide) groups is 1. The predicted octanol–water partition coefficient (Wildman–Crippen LogP) is 2.55. The fourth-order valence-electron chi connectivity index (χ4n) is 1.25. The molecule has 0 spiro atoms. The number of benzene rings is 1. The van der Waals surface area contributed by atoms with Gasteiger partial charge in [-0.15, -0.1) is 0 Å². The number of alkyl halides is 2. The van der Waals surface area contributed by atoms with Crippen molar-refractivity contribution in [2.75, 3.05) is 18.4 Å². The molecule has 0 radical (unpaired) electrons. The summed E-state index contributed by atoms with van der Waals surface area (Å²) in [5.41, 5.74) is 0.545. The maximum Gasteiger partial charge on any atom is 0.288 e. The van der Waals surface area contributed by atoms with Crippen LogP contribution in [0.1, 0.15) is 6.92 Å². The van der Waals surface area contributed by atoms with Crippen LogP contribution < -0.4 is 10.6 Å². The Morgan fingerprint density at radius 3 is 2.76 bits per heavy atom. The van der Waals surface area contributed by atoms with Crippen molar-refractivity contribution in [1.82, 2.24) is 5.32 Å². The third-order valence-electron chi connectivity index (χ3n) is 1.92. The maximum absolute atomic E-state index is 12.3. The molecule has 3 nitrogen and oxygen atoms in total. The molecule has 1 amide bonds. The van der Waals surface area contributed by atoms with Crippen LogP contribution in [0.3, 0.4) is 0 Å². The van der Waals surface area contributed by atoms with E-state index >= 15 is 0 Å². The van der Waals surface area contributed by atoms with E-state index in [1.165, 1.54) is 0 Å².